The molecule has 9 heteroatoms. The van der Waals surface area contributed by atoms with Crippen LogP contribution in [0.3, 0.4) is 0 Å². The highest BCUT2D eigenvalue weighted by Crippen LogP contribution is 2.13. The Balaban J connectivity index is 1.41. The average molecular weight is 424 g/mol. The van der Waals surface area contributed by atoms with Crippen LogP contribution in [0.25, 0.3) is 0 Å². The number of nitrogens with one attached hydrogen (secondary N) is 2. The summed E-state index contributed by atoms with van der Waals surface area (Å²) in [4.78, 5) is 19.8. The first-order valence-electron chi connectivity index (χ1n) is 9.19. The number of amides is 1. The lowest BCUT2D eigenvalue weighted by Crippen LogP contribution is -3.13. The summed E-state index contributed by atoms with van der Waals surface area (Å²) in [5, 5.41) is 0.472. The van der Waals surface area contributed by atoms with Crippen molar-refractivity contribution in [2.24, 2.45) is 0 Å². The standard InChI is InChI=1S/C19H23ClN4O3S/c20-17-1-3-18(4-2-17)28(26,27)22-10-7-19(25)24-13-11-23(12-14-24)15-16-5-8-21-9-6-16/h1-6,8-9,22H,7,10-15H2/p+1. The van der Waals surface area contributed by atoms with Crippen molar-refractivity contribution in [2.75, 3.05) is 32.7 Å². The molecule has 0 saturated carbocycles. The van der Waals surface area contributed by atoms with Gasteiger partial charge in [0.05, 0.1) is 31.1 Å². The molecule has 1 fully saturated rings. The van der Waals surface area contributed by atoms with Gasteiger partial charge < -0.3 is 9.80 Å². The maximum atomic E-state index is 12.4. The SMILES string of the molecule is O=C(CCNS(=O)(=O)c1ccc(Cl)cc1)N1CC[NH+](Cc2ccncc2)CC1. The van der Waals surface area contributed by atoms with Gasteiger partial charge in [-0.3, -0.25) is 9.78 Å². The number of benzene rings is 1. The third-order valence-electron chi connectivity index (χ3n) is 4.78. The number of carbonyl (C=O) groups is 1. The van der Waals surface area contributed by atoms with Crippen molar-refractivity contribution in [3.05, 3.63) is 59.4 Å². The highest BCUT2D eigenvalue weighted by Gasteiger charge is 2.24. The highest BCUT2D eigenvalue weighted by molar-refractivity contribution is 7.89. The van der Waals surface area contributed by atoms with Gasteiger partial charge in [-0.15, -0.1) is 0 Å². The normalized spacial score (nSPS) is 15.5. The first-order chi connectivity index (χ1) is 13.4. The van der Waals surface area contributed by atoms with Crippen LogP contribution in [0.1, 0.15) is 12.0 Å². The number of aromatic nitrogens is 1. The van der Waals surface area contributed by atoms with Crippen LogP contribution < -0.4 is 9.62 Å². The van der Waals surface area contributed by atoms with E-state index in [1.165, 1.54) is 34.7 Å². The van der Waals surface area contributed by atoms with E-state index in [0.717, 1.165) is 19.6 Å². The Morgan fingerprint density at radius 1 is 1.11 bits per heavy atom. The summed E-state index contributed by atoms with van der Waals surface area (Å²) < 4.78 is 26.9. The fourth-order valence-corrected chi connectivity index (χ4v) is 4.34. The fourth-order valence-electron chi connectivity index (χ4n) is 3.19. The summed E-state index contributed by atoms with van der Waals surface area (Å²) in [5.74, 6) is -0.0261. The number of hydrogen-bond acceptors (Lipinski definition) is 4. The maximum absolute atomic E-state index is 12.4. The first-order valence-corrected chi connectivity index (χ1v) is 11.1. The quantitative estimate of drug-likeness (QED) is 0.672. The van der Waals surface area contributed by atoms with Crippen molar-refractivity contribution >= 4 is 27.5 Å². The number of piperazine rings is 1. The smallest absolute Gasteiger partial charge is 0.240 e. The molecule has 1 saturated heterocycles. The Kier molecular flexibility index (Phi) is 7.01. The molecule has 2 aromatic rings. The summed E-state index contributed by atoms with van der Waals surface area (Å²) in [5.41, 5.74) is 1.24. The predicted molar refractivity (Wildman–Crippen MR) is 106 cm³/mol. The zero-order valence-electron chi connectivity index (χ0n) is 15.5. The van der Waals surface area contributed by atoms with Gasteiger partial charge in [-0.2, -0.15) is 0 Å². The highest BCUT2D eigenvalue weighted by atomic mass is 35.5. The fraction of sp³-hybridized carbons (Fsp3) is 0.368. The van der Waals surface area contributed by atoms with Crippen molar-refractivity contribution in [3.63, 3.8) is 0 Å². The van der Waals surface area contributed by atoms with Crippen molar-refractivity contribution in [1.29, 1.82) is 0 Å². The minimum absolute atomic E-state index is 0.0261. The zero-order chi connectivity index (χ0) is 20.0. The average Bonchev–Trinajstić information content (AvgIpc) is 2.69. The van der Waals surface area contributed by atoms with Crippen LogP contribution in [-0.2, 0) is 21.4 Å². The molecule has 0 radical (unpaired) electrons. The second-order valence-electron chi connectivity index (χ2n) is 6.76. The molecule has 1 amide bonds. The Hall–Kier alpha value is -2.00. The van der Waals surface area contributed by atoms with Gasteiger partial charge in [0.2, 0.25) is 15.9 Å². The lowest BCUT2D eigenvalue weighted by molar-refractivity contribution is -0.917. The van der Waals surface area contributed by atoms with E-state index in [9.17, 15) is 13.2 Å². The van der Waals surface area contributed by atoms with Gasteiger partial charge in [-0.05, 0) is 36.4 Å². The Bertz CT molecular complexity index is 883. The largest absolute Gasteiger partial charge is 0.331 e. The Labute approximate surface area is 170 Å². The molecule has 0 bridgehead atoms. The van der Waals surface area contributed by atoms with E-state index < -0.39 is 10.0 Å². The van der Waals surface area contributed by atoms with Crippen molar-refractivity contribution < 1.29 is 18.1 Å². The van der Waals surface area contributed by atoms with Gasteiger partial charge in [0.1, 0.15) is 6.54 Å². The van der Waals surface area contributed by atoms with Crippen molar-refractivity contribution in [1.82, 2.24) is 14.6 Å². The lowest BCUT2D eigenvalue weighted by Gasteiger charge is -2.32. The number of sulfonamides is 1. The first kappa shape index (κ1) is 20.7. The summed E-state index contributed by atoms with van der Waals surface area (Å²) in [6, 6.07) is 9.95. The summed E-state index contributed by atoms with van der Waals surface area (Å²) >= 11 is 5.78. The number of rotatable bonds is 7. The summed E-state index contributed by atoms with van der Waals surface area (Å²) in [6.07, 6.45) is 3.73. The van der Waals surface area contributed by atoms with Crippen LogP contribution in [0.2, 0.25) is 5.02 Å². The molecule has 2 heterocycles. The summed E-state index contributed by atoms with van der Waals surface area (Å²) in [6.45, 7) is 4.13. The topological polar surface area (TPSA) is 83.8 Å². The van der Waals surface area contributed by atoms with Gasteiger partial charge in [-0.25, -0.2) is 13.1 Å². The van der Waals surface area contributed by atoms with E-state index in [1.54, 1.807) is 12.4 Å². The van der Waals surface area contributed by atoms with Gasteiger partial charge in [-0.1, -0.05) is 11.6 Å². The molecular formula is C19H24ClN4O3S+. The van der Waals surface area contributed by atoms with Gasteiger partial charge in [0.25, 0.3) is 0 Å². The third-order valence-corrected chi connectivity index (χ3v) is 6.51. The predicted octanol–water partition coefficient (Wildman–Crippen LogP) is 0.331. The van der Waals surface area contributed by atoms with Crippen LogP contribution in [0.5, 0.6) is 0 Å². The zero-order valence-corrected chi connectivity index (χ0v) is 17.0. The van der Waals surface area contributed by atoms with E-state index in [1.807, 2.05) is 17.0 Å². The van der Waals surface area contributed by atoms with Crippen LogP contribution in [-0.4, -0.2) is 56.9 Å². The molecule has 1 aromatic carbocycles. The Morgan fingerprint density at radius 2 is 1.75 bits per heavy atom. The molecule has 0 spiro atoms. The van der Waals surface area contributed by atoms with E-state index in [-0.39, 0.29) is 23.8 Å². The number of hydrogen-bond donors (Lipinski definition) is 2. The molecule has 7 nitrogen and oxygen atoms in total. The minimum Gasteiger partial charge on any atom is -0.331 e. The monoisotopic (exact) mass is 423 g/mol. The number of nitrogens with zero attached hydrogens (tertiary/aromatic N) is 2. The molecule has 28 heavy (non-hydrogen) atoms. The molecule has 0 atom stereocenters. The Morgan fingerprint density at radius 3 is 2.39 bits per heavy atom. The molecule has 3 rings (SSSR count). The van der Waals surface area contributed by atoms with Gasteiger partial charge in [0.15, 0.2) is 0 Å². The van der Waals surface area contributed by atoms with Crippen molar-refractivity contribution in [3.8, 4) is 0 Å². The molecule has 0 aliphatic carbocycles. The number of halogens is 1. The maximum Gasteiger partial charge on any atom is 0.240 e. The second-order valence-corrected chi connectivity index (χ2v) is 8.97. The van der Waals surface area contributed by atoms with E-state index >= 15 is 0 Å². The van der Waals surface area contributed by atoms with E-state index in [0.29, 0.717) is 18.1 Å². The minimum atomic E-state index is -3.64. The van der Waals surface area contributed by atoms with Gasteiger partial charge >= 0.3 is 0 Å². The number of carbonyl (C=O) groups excluding carboxylic acids is 1. The molecule has 1 aliphatic heterocycles. The van der Waals surface area contributed by atoms with E-state index in [4.69, 9.17) is 11.6 Å². The second kappa shape index (κ2) is 9.47. The van der Waals surface area contributed by atoms with Crippen LogP contribution in [0, 0.1) is 0 Å². The van der Waals surface area contributed by atoms with Crippen LogP contribution in [0.4, 0.5) is 0 Å². The van der Waals surface area contributed by atoms with Gasteiger partial charge in [0, 0.05) is 35.9 Å². The number of pyridine rings is 1. The molecule has 2 N–H and O–H groups in total. The van der Waals surface area contributed by atoms with Crippen molar-refractivity contribution in [2.45, 2.75) is 17.9 Å². The van der Waals surface area contributed by atoms with E-state index in [2.05, 4.69) is 9.71 Å². The third kappa shape index (κ3) is 5.75. The van der Waals surface area contributed by atoms with Crippen LogP contribution >= 0.6 is 11.6 Å². The molecule has 1 aromatic heterocycles. The number of quaternary nitrogens is 1. The lowest BCUT2D eigenvalue weighted by atomic mass is 10.2. The summed E-state index contributed by atoms with van der Waals surface area (Å²) in [7, 11) is -3.64. The molecule has 150 valence electrons. The molecular weight excluding hydrogens is 400 g/mol. The van der Waals surface area contributed by atoms with Crippen LogP contribution in [0.15, 0.2) is 53.7 Å². The molecule has 0 unspecified atom stereocenters. The molecule has 1 aliphatic rings.